The fourth-order valence-corrected chi connectivity index (χ4v) is 4.71. The number of halogens is 2. The van der Waals surface area contributed by atoms with Crippen molar-refractivity contribution in [1.29, 1.82) is 0 Å². The van der Waals surface area contributed by atoms with Gasteiger partial charge in [-0.25, -0.2) is 14.8 Å². The number of hydrogen-bond acceptors (Lipinski definition) is 7. The average molecular weight is 726 g/mol. The first-order valence-corrected chi connectivity index (χ1v) is 16.1. The third-order valence-corrected chi connectivity index (χ3v) is 7.74. The van der Waals surface area contributed by atoms with E-state index >= 15 is 0 Å². The van der Waals surface area contributed by atoms with Crippen LogP contribution in [0.5, 0.6) is 0 Å². The molecule has 1 amide bonds. The first-order chi connectivity index (χ1) is 24.4. The van der Waals surface area contributed by atoms with E-state index in [2.05, 4.69) is 15.3 Å². The number of rotatable bonds is 7. The Morgan fingerprint density at radius 2 is 1.10 bits per heavy atom. The van der Waals surface area contributed by atoms with E-state index in [0.29, 0.717) is 22.2 Å². The minimum absolute atomic E-state index is 0.118. The third kappa shape index (κ3) is 12.1. The third-order valence-electron chi connectivity index (χ3n) is 7.24. The van der Waals surface area contributed by atoms with E-state index < -0.39 is 5.97 Å². The lowest BCUT2D eigenvalue weighted by molar-refractivity contribution is 0.0695. The highest BCUT2D eigenvalue weighted by Gasteiger charge is 2.08. The lowest BCUT2D eigenvalue weighted by atomic mass is 10.1. The number of aromatic carboxylic acids is 1. The summed E-state index contributed by atoms with van der Waals surface area (Å²) in [5.41, 5.74) is 10.2. The Bertz CT molecular complexity index is 2160. The summed E-state index contributed by atoms with van der Waals surface area (Å²) >= 11 is 11.7. The molecule has 0 fully saturated rings. The van der Waals surface area contributed by atoms with Crippen molar-refractivity contribution in [3.8, 4) is 0 Å². The van der Waals surface area contributed by atoms with E-state index in [1.54, 1.807) is 25.5 Å². The Kier molecular flexibility index (Phi) is 13.4. The van der Waals surface area contributed by atoms with Crippen LogP contribution < -0.4 is 22.2 Å². The van der Waals surface area contributed by atoms with Crippen molar-refractivity contribution in [2.24, 2.45) is 14.1 Å². The molecule has 6 rings (SSSR count). The minimum Gasteiger partial charge on any atom is -0.478 e. The van der Waals surface area contributed by atoms with E-state index in [1.165, 1.54) is 58.4 Å². The summed E-state index contributed by atoms with van der Waals surface area (Å²) in [5, 5.41) is 12.7. The van der Waals surface area contributed by atoms with Gasteiger partial charge in [-0.05, 0) is 83.6 Å². The lowest BCUT2D eigenvalue weighted by Crippen LogP contribution is -2.19. The summed E-state index contributed by atoms with van der Waals surface area (Å²) < 4.78 is 2.58. The normalized spacial score (nSPS) is 10.2. The van der Waals surface area contributed by atoms with Gasteiger partial charge in [0.15, 0.2) is 0 Å². The molecule has 6 aromatic rings. The summed E-state index contributed by atoms with van der Waals surface area (Å²) in [6.07, 6.45) is 7.88. The Balaban J connectivity index is 0.000000190. The maximum Gasteiger partial charge on any atom is 0.337 e. The lowest BCUT2D eigenvalue weighted by Gasteiger charge is -2.07. The van der Waals surface area contributed by atoms with Gasteiger partial charge in [-0.1, -0.05) is 59.6 Å². The zero-order chi connectivity index (χ0) is 36.9. The van der Waals surface area contributed by atoms with Gasteiger partial charge in [0.2, 0.25) is 11.1 Å². The molecule has 11 nitrogen and oxygen atoms in total. The summed E-state index contributed by atoms with van der Waals surface area (Å²) in [5.74, 6) is -0.331. The molecular formula is C38H34Cl2N6O5. The smallest absolute Gasteiger partial charge is 0.337 e. The van der Waals surface area contributed by atoms with Gasteiger partial charge in [-0.2, -0.15) is 0 Å². The number of nitrogens with zero attached hydrogens (tertiary/aromatic N) is 4. The average Bonchev–Trinajstić information content (AvgIpc) is 3.11. The number of aryl methyl sites for hydroxylation is 2. The van der Waals surface area contributed by atoms with Crippen molar-refractivity contribution < 1.29 is 14.7 Å². The predicted octanol–water partition coefficient (Wildman–Crippen LogP) is 6.27. The standard InChI is InChI=1S/C19H16ClN3O2.C12H11ClN2.C7H7NO3/c1-23-12-15(5-9-18(23)24)19(25)22-17-8-4-14(11-21-17)10-13-2-6-16(20)7-3-13;13-11-4-1-9(2-5-11)7-10-3-6-12(14)15-8-10;1-8-4-5(7(10)11)2-3-6(8)9/h2-9,11-12H,10H2,1H3,(H,21,22,25);1-6,8H,7H2,(H2,14,15);2-4H,1H3,(H,10,11). The molecule has 51 heavy (non-hydrogen) atoms. The topological polar surface area (TPSA) is 162 Å². The molecular weight excluding hydrogens is 691 g/mol. The number of hydrogen-bond donors (Lipinski definition) is 3. The van der Waals surface area contributed by atoms with Gasteiger partial charge in [0.05, 0.1) is 11.1 Å². The van der Waals surface area contributed by atoms with Crippen LogP contribution >= 0.6 is 23.2 Å². The number of carbonyl (C=O) groups excluding carboxylic acids is 1. The molecule has 0 saturated heterocycles. The van der Waals surface area contributed by atoms with Crippen LogP contribution in [-0.2, 0) is 26.9 Å². The number of nitrogens with two attached hydrogens (primary N) is 1. The molecule has 0 saturated carbocycles. The fourth-order valence-electron chi connectivity index (χ4n) is 4.46. The van der Waals surface area contributed by atoms with E-state index in [1.807, 2.05) is 66.7 Å². The maximum atomic E-state index is 12.2. The first-order valence-electron chi connectivity index (χ1n) is 15.4. The number of benzene rings is 2. The number of pyridine rings is 4. The van der Waals surface area contributed by atoms with Gasteiger partial charge in [0, 0.05) is 61.1 Å². The minimum atomic E-state index is -1.03. The number of aromatic nitrogens is 4. The molecule has 2 aromatic carbocycles. The van der Waals surface area contributed by atoms with Gasteiger partial charge in [-0.15, -0.1) is 0 Å². The van der Waals surface area contributed by atoms with Crippen LogP contribution in [0.15, 0.2) is 131 Å². The Morgan fingerprint density at radius 3 is 1.53 bits per heavy atom. The fraction of sp³-hybridized carbons (Fsp3) is 0.105. The van der Waals surface area contributed by atoms with Crippen LogP contribution in [-0.4, -0.2) is 36.1 Å². The number of amides is 1. The van der Waals surface area contributed by atoms with Crippen LogP contribution in [0.25, 0.3) is 0 Å². The highest BCUT2D eigenvalue weighted by molar-refractivity contribution is 6.30. The van der Waals surface area contributed by atoms with Gasteiger partial charge < -0.3 is 25.3 Å². The number of carboxylic acids is 1. The van der Waals surface area contributed by atoms with Crippen molar-refractivity contribution in [3.63, 3.8) is 0 Å². The van der Waals surface area contributed by atoms with Crippen molar-refractivity contribution in [2.75, 3.05) is 11.1 Å². The van der Waals surface area contributed by atoms with Crippen LogP contribution in [0, 0.1) is 0 Å². The van der Waals surface area contributed by atoms with Crippen LogP contribution in [0.1, 0.15) is 43.0 Å². The quantitative estimate of drug-likeness (QED) is 0.174. The molecule has 4 N–H and O–H groups in total. The van der Waals surface area contributed by atoms with Gasteiger partial charge in [-0.3, -0.25) is 14.4 Å². The molecule has 13 heteroatoms. The molecule has 0 radical (unpaired) electrons. The number of carboxylic acid groups (broad SMARTS) is 1. The second kappa shape index (κ2) is 18.1. The predicted molar refractivity (Wildman–Crippen MR) is 200 cm³/mol. The molecule has 260 valence electrons. The van der Waals surface area contributed by atoms with Crippen molar-refractivity contribution in [2.45, 2.75) is 12.8 Å². The number of carbonyl (C=O) groups is 2. The molecule has 0 atom stereocenters. The summed E-state index contributed by atoms with van der Waals surface area (Å²) in [6.45, 7) is 0. The Morgan fingerprint density at radius 1 is 0.647 bits per heavy atom. The molecule has 0 spiro atoms. The largest absolute Gasteiger partial charge is 0.478 e. The van der Waals surface area contributed by atoms with Crippen LogP contribution in [0.3, 0.4) is 0 Å². The van der Waals surface area contributed by atoms with Crippen LogP contribution in [0.2, 0.25) is 10.0 Å². The van der Waals surface area contributed by atoms with Gasteiger partial charge >= 0.3 is 5.97 Å². The van der Waals surface area contributed by atoms with E-state index in [4.69, 9.17) is 34.0 Å². The van der Waals surface area contributed by atoms with E-state index in [9.17, 15) is 19.2 Å². The van der Waals surface area contributed by atoms with Gasteiger partial charge in [0.1, 0.15) is 11.6 Å². The Labute approximate surface area is 303 Å². The number of nitrogens with one attached hydrogen (secondary N) is 1. The molecule has 4 aromatic heterocycles. The molecule has 0 aliphatic rings. The number of nitrogen functional groups attached to an aromatic ring is 1. The monoisotopic (exact) mass is 724 g/mol. The Hall–Kier alpha value is -6.04. The summed E-state index contributed by atoms with van der Waals surface area (Å²) in [6, 6.07) is 28.3. The van der Waals surface area contributed by atoms with Crippen molar-refractivity contribution >= 4 is 46.7 Å². The SMILES string of the molecule is Cn1cc(C(=O)Nc2ccc(Cc3ccc(Cl)cc3)cn2)ccc1=O.Cn1cc(C(=O)O)ccc1=O.Nc1ccc(Cc2ccc(Cl)cc2)cn1. The summed E-state index contributed by atoms with van der Waals surface area (Å²) in [4.78, 5) is 53.0. The zero-order valence-corrected chi connectivity index (χ0v) is 29.2. The maximum absolute atomic E-state index is 12.2. The van der Waals surface area contributed by atoms with E-state index in [-0.39, 0.29) is 22.6 Å². The van der Waals surface area contributed by atoms with Crippen LogP contribution in [0.4, 0.5) is 11.6 Å². The second-order valence-corrected chi connectivity index (χ2v) is 12.1. The molecule has 0 aliphatic carbocycles. The zero-order valence-electron chi connectivity index (χ0n) is 27.7. The molecule has 0 unspecified atom stereocenters. The van der Waals surface area contributed by atoms with E-state index in [0.717, 1.165) is 34.6 Å². The number of anilines is 2. The molecule has 4 heterocycles. The van der Waals surface area contributed by atoms with Crippen molar-refractivity contribution in [1.82, 2.24) is 19.1 Å². The summed E-state index contributed by atoms with van der Waals surface area (Å²) in [7, 11) is 3.11. The van der Waals surface area contributed by atoms with Gasteiger partial charge in [0.25, 0.3) is 5.91 Å². The second-order valence-electron chi connectivity index (χ2n) is 11.2. The molecule has 0 bridgehead atoms. The first kappa shape index (κ1) is 37.8. The molecule has 0 aliphatic heterocycles. The van der Waals surface area contributed by atoms with Crippen molar-refractivity contribution in [3.05, 3.63) is 186 Å². The highest BCUT2D eigenvalue weighted by atomic mass is 35.5. The highest BCUT2D eigenvalue weighted by Crippen LogP contribution is 2.15.